The van der Waals surface area contributed by atoms with Crippen LogP contribution < -0.4 is 4.90 Å². The largest absolute Gasteiger partial charge is 0.456 e. The lowest BCUT2D eigenvalue weighted by Crippen LogP contribution is -2.11. The zero-order valence-electron chi connectivity index (χ0n) is 27.5. The average molecular weight is 655 g/mol. The van der Waals surface area contributed by atoms with E-state index in [-0.39, 0.29) is 0 Å². The fourth-order valence-electron chi connectivity index (χ4n) is 7.21. The number of rotatable bonds is 6. The Balaban J connectivity index is 1.20. The van der Waals surface area contributed by atoms with Crippen molar-refractivity contribution in [1.29, 1.82) is 0 Å². The van der Waals surface area contributed by atoms with Gasteiger partial charge in [0, 0.05) is 27.7 Å². The second-order valence-electron chi connectivity index (χ2n) is 12.8. The maximum absolute atomic E-state index is 6.72. The van der Waals surface area contributed by atoms with Gasteiger partial charge in [-0.25, -0.2) is 4.98 Å². The summed E-state index contributed by atoms with van der Waals surface area (Å²) in [5, 5.41) is 4.31. The van der Waals surface area contributed by atoms with Crippen LogP contribution in [-0.4, -0.2) is 4.98 Å². The lowest BCUT2D eigenvalue weighted by atomic mass is 9.99. The second-order valence-corrected chi connectivity index (χ2v) is 12.8. The van der Waals surface area contributed by atoms with Crippen molar-refractivity contribution in [2.24, 2.45) is 0 Å². The van der Waals surface area contributed by atoms with Gasteiger partial charge in [0.25, 0.3) is 0 Å². The van der Waals surface area contributed by atoms with Gasteiger partial charge in [-0.05, 0) is 88.3 Å². The molecule has 0 amide bonds. The van der Waals surface area contributed by atoms with E-state index in [4.69, 9.17) is 13.8 Å². The molecule has 0 saturated carbocycles. The highest BCUT2D eigenvalue weighted by molar-refractivity contribution is 6.22. The normalized spacial score (nSPS) is 11.5. The van der Waals surface area contributed by atoms with Crippen LogP contribution in [0.25, 0.3) is 77.5 Å². The summed E-state index contributed by atoms with van der Waals surface area (Å²) in [5.41, 5.74) is 11.9. The highest BCUT2D eigenvalue weighted by atomic mass is 16.3. The van der Waals surface area contributed by atoms with Crippen molar-refractivity contribution in [1.82, 2.24) is 4.98 Å². The molecule has 8 aromatic carbocycles. The Morgan fingerprint density at radius 2 is 0.961 bits per heavy atom. The molecule has 10 aromatic rings. The van der Waals surface area contributed by atoms with Crippen LogP contribution in [0.2, 0.25) is 0 Å². The first-order chi connectivity index (χ1) is 25.3. The number of furan rings is 1. The monoisotopic (exact) mass is 654 g/mol. The number of aromatic nitrogens is 1. The standard InChI is InChI=1S/C47H30N2O2/c1-3-11-31(12-4-1)33-19-24-37(25-20-33)49(38-26-21-34(22-27-38)32-13-5-2-6-14-32)46-39-16-8-7-15-35(39)29-44-45(46)40-28-23-36(30-43(40)50-44)47-48-41-17-9-10-18-42(41)51-47/h1-30H. The number of nitrogens with zero attached hydrogens (tertiary/aromatic N) is 2. The topological polar surface area (TPSA) is 42.4 Å². The second kappa shape index (κ2) is 11.9. The van der Waals surface area contributed by atoms with Gasteiger partial charge in [-0.2, -0.15) is 0 Å². The smallest absolute Gasteiger partial charge is 0.227 e. The first-order valence-electron chi connectivity index (χ1n) is 17.1. The summed E-state index contributed by atoms with van der Waals surface area (Å²) in [6, 6.07) is 63.5. The Morgan fingerprint density at radius 1 is 0.392 bits per heavy atom. The Kier molecular flexibility index (Phi) is 6.78. The Morgan fingerprint density at radius 3 is 1.63 bits per heavy atom. The van der Waals surface area contributed by atoms with Crippen molar-refractivity contribution < 1.29 is 8.83 Å². The summed E-state index contributed by atoms with van der Waals surface area (Å²) in [6.45, 7) is 0. The van der Waals surface area contributed by atoms with Crippen molar-refractivity contribution in [3.05, 3.63) is 182 Å². The van der Waals surface area contributed by atoms with Crippen molar-refractivity contribution in [3.63, 3.8) is 0 Å². The van der Waals surface area contributed by atoms with Gasteiger partial charge in [0.1, 0.15) is 16.7 Å². The first kappa shape index (κ1) is 29.0. The first-order valence-corrected chi connectivity index (χ1v) is 17.1. The maximum atomic E-state index is 6.72. The molecule has 0 aliphatic rings. The zero-order chi connectivity index (χ0) is 33.7. The van der Waals surface area contributed by atoms with E-state index in [1.165, 1.54) is 22.3 Å². The Bertz CT molecular complexity index is 2720. The van der Waals surface area contributed by atoms with Gasteiger partial charge in [0.2, 0.25) is 5.89 Å². The van der Waals surface area contributed by atoms with E-state index in [0.29, 0.717) is 5.89 Å². The van der Waals surface area contributed by atoms with Gasteiger partial charge >= 0.3 is 0 Å². The van der Waals surface area contributed by atoms with E-state index in [1.54, 1.807) is 0 Å². The molecule has 0 bridgehead atoms. The van der Waals surface area contributed by atoms with Gasteiger partial charge in [-0.1, -0.05) is 121 Å². The molecule has 2 heterocycles. The lowest BCUT2D eigenvalue weighted by molar-refractivity contribution is 0.619. The van der Waals surface area contributed by atoms with E-state index < -0.39 is 0 Å². The van der Waals surface area contributed by atoms with E-state index in [1.807, 2.05) is 30.3 Å². The van der Waals surface area contributed by atoms with Crippen LogP contribution in [0.5, 0.6) is 0 Å². The molecule has 0 N–H and O–H groups in total. The highest BCUT2D eigenvalue weighted by Gasteiger charge is 2.23. The number of fused-ring (bicyclic) bond motifs is 5. The number of oxazole rings is 1. The molecule has 2 aromatic heterocycles. The number of para-hydroxylation sites is 2. The molecule has 10 rings (SSSR count). The van der Waals surface area contributed by atoms with Gasteiger partial charge in [-0.3, -0.25) is 0 Å². The van der Waals surface area contributed by atoms with Crippen LogP contribution in [0.1, 0.15) is 0 Å². The average Bonchev–Trinajstić information content (AvgIpc) is 3.80. The van der Waals surface area contributed by atoms with Crippen molar-refractivity contribution in [2.75, 3.05) is 4.90 Å². The molecule has 0 aliphatic carbocycles. The van der Waals surface area contributed by atoms with E-state index >= 15 is 0 Å². The number of hydrogen-bond donors (Lipinski definition) is 0. The van der Waals surface area contributed by atoms with E-state index in [2.05, 4.69) is 157 Å². The van der Waals surface area contributed by atoms with Crippen LogP contribution in [-0.2, 0) is 0 Å². The van der Waals surface area contributed by atoms with Gasteiger partial charge in [0.05, 0.1) is 11.1 Å². The minimum absolute atomic E-state index is 0.572. The molecule has 4 heteroatoms. The van der Waals surface area contributed by atoms with Crippen molar-refractivity contribution in [3.8, 4) is 33.7 Å². The minimum Gasteiger partial charge on any atom is -0.456 e. The van der Waals surface area contributed by atoms with Crippen molar-refractivity contribution >= 4 is 60.9 Å². The SMILES string of the molecule is c1ccc(-c2ccc(N(c3ccc(-c4ccccc4)cc3)c3c4ccccc4cc4oc5cc(-c6nc7ccccc7o6)ccc5c34)cc2)cc1. The summed E-state index contributed by atoms with van der Waals surface area (Å²) >= 11 is 0. The lowest BCUT2D eigenvalue weighted by Gasteiger charge is -2.28. The summed E-state index contributed by atoms with van der Waals surface area (Å²) in [6.07, 6.45) is 0. The Hall–Kier alpha value is -6.91. The number of benzene rings is 8. The van der Waals surface area contributed by atoms with Gasteiger partial charge < -0.3 is 13.7 Å². The highest BCUT2D eigenvalue weighted by Crippen LogP contribution is 2.48. The third kappa shape index (κ3) is 5.04. The molecule has 0 aliphatic heterocycles. The Labute approximate surface area is 294 Å². The van der Waals surface area contributed by atoms with Gasteiger partial charge in [-0.15, -0.1) is 0 Å². The van der Waals surface area contributed by atoms with Crippen LogP contribution in [0.3, 0.4) is 0 Å². The molecular weight excluding hydrogens is 625 g/mol. The fraction of sp³-hybridized carbons (Fsp3) is 0. The predicted molar refractivity (Wildman–Crippen MR) is 210 cm³/mol. The van der Waals surface area contributed by atoms with Crippen molar-refractivity contribution in [2.45, 2.75) is 0 Å². The fourth-order valence-corrected chi connectivity index (χ4v) is 7.21. The molecule has 0 spiro atoms. The predicted octanol–water partition coefficient (Wildman–Crippen LogP) is 13.4. The third-order valence-electron chi connectivity index (χ3n) is 9.69. The summed E-state index contributed by atoms with van der Waals surface area (Å²) in [4.78, 5) is 7.13. The van der Waals surface area contributed by atoms with E-state index in [9.17, 15) is 0 Å². The van der Waals surface area contributed by atoms with Crippen LogP contribution in [0.15, 0.2) is 191 Å². The number of hydrogen-bond acceptors (Lipinski definition) is 4. The molecule has 51 heavy (non-hydrogen) atoms. The third-order valence-corrected chi connectivity index (χ3v) is 9.69. The van der Waals surface area contributed by atoms with Crippen LogP contribution in [0.4, 0.5) is 17.1 Å². The minimum atomic E-state index is 0.572. The molecule has 240 valence electrons. The molecule has 0 atom stereocenters. The molecule has 0 fully saturated rings. The number of anilines is 3. The summed E-state index contributed by atoms with van der Waals surface area (Å²) < 4.78 is 12.9. The quantitative estimate of drug-likeness (QED) is 0.179. The van der Waals surface area contributed by atoms with Gasteiger partial charge in [0.15, 0.2) is 5.58 Å². The summed E-state index contributed by atoms with van der Waals surface area (Å²) in [5.74, 6) is 0.572. The maximum Gasteiger partial charge on any atom is 0.227 e. The van der Waals surface area contributed by atoms with Crippen LogP contribution in [0, 0.1) is 0 Å². The van der Waals surface area contributed by atoms with Crippen LogP contribution >= 0.6 is 0 Å². The van der Waals surface area contributed by atoms with E-state index in [0.717, 1.165) is 66.4 Å². The molecular formula is C47H30N2O2. The zero-order valence-corrected chi connectivity index (χ0v) is 27.5. The summed E-state index contributed by atoms with van der Waals surface area (Å²) in [7, 11) is 0. The molecule has 0 unspecified atom stereocenters. The molecule has 0 saturated heterocycles. The molecule has 4 nitrogen and oxygen atoms in total. The molecule has 0 radical (unpaired) electrons.